The van der Waals surface area contributed by atoms with Crippen LogP contribution in [0.1, 0.15) is 40.9 Å². The van der Waals surface area contributed by atoms with E-state index >= 15 is 0 Å². The van der Waals surface area contributed by atoms with Gasteiger partial charge in [-0.2, -0.15) is 0 Å². The summed E-state index contributed by atoms with van der Waals surface area (Å²) in [6.45, 7) is 3.94. The molecule has 3 heterocycles. The maximum atomic E-state index is 13.6. The number of furan rings is 1. The molecule has 188 valence electrons. The summed E-state index contributed by atoms with van der Waals surface area (Å²) < 4.78 is 18.9. The second-order valence-electron chi connectivity index (χ2n) is 9.57. The molecule has 1 aromatic heterocycles. The fourth-order valence-electron chi connectivity index (χ4n) is 5.11. The van der Waals surface area contributed by atoms with Crippen LogP contribution in [0.15, 0.2) is 81.9 Å². The van der Waals surface area contributed by atoms with E-state index in [0.717, 1.165) is 64.1 Å². The molecule has 0 unspecified atom stereocenters. The summed E-state index contributed by atoms with van der Waals surface area (Å²) in [6.07, 6.45) is 8.34. The lowest BCUT2D eigenvalue weighted by Gasteiger charge is -2.26. The quantitative estimate of drug-likeness (QED) is 0.221. The average Bonchev–Trinajstić information content (AvgIpc) is 3.31. The van der Waals surface area contributed by atoms with E-state index in [-0.39, 0.29) is 5.78 Å². The molecule has 0 atom stereocenters. The molecule has 0 amide bonds. The Morgan fingerprint density at radius 2 is 1.76 bits per heavy atom. The van der Waals surface area contributed by atoms with Gasteiger partial charge < -0.3 is 13.9 Å². The van der Waals surface area contributed by atoms with Gasteiger partial charge in [-0.1, -0.05) is 34.5 Å². The molecule has 2 aliphatic rings. The molecule has 0 spiro atoms. The highest BCUT2D eigenvalue weighted by Gasteiger charge is 2.25. The number of hydrogen-bond acceptors (Lipinski definition) is 5. The summed E-state index contributed by atoms with van der Waals surface area (Å²) >= 11 is 3.45. The molecule has 0 saturated carbocycles. The summed E-state index contributed by atoms with van der Waals surface area (Å²) in [7, 11) is 0. The number of carbonyl (C=O) groups excluding carboxylic acids is 1. The lowest BCUT2D eigenvalue weighted by atomic mass is 9.96. The van der Waals surface area contributed by atoms with Gasteiger partial charge >= 0.3 is 0 Å². The number of carbonyl (C=O) groups is 1. The largest absolute Gasteiger partial charge is 0.492 e. The van der Waals surface area contributed by atoms with Gasteiger partial charge in [-0.05, 0) is 92.0 Å². The highest BCUT2D eigenvalue weighted by atomic mass is 79.9. The number of fused-ring (bicyclic) bond motifs is 2. The molecule has 3 aromatic carbocycles. The molecule has 0 radical (unpaired) electrons. The number of benzene rings is 3. The van der Waals surface area contributed by atoms with E-state index < -0.39 is 0 Å². The zero-order chi connectivity index (χ0) is 25.2. The van der Waals surface area contributed by atoms with Crippen LogP contribution in [0.2, 0.25) is 0 Å². The lowest BCUT2D eigenvalue weighted by molar-refractivity contribution is 0.101. The van der Waals surface area contributed by atoms with Crippen molar-refractivity contribution < 1.29 is 18.7 Å². The minimum Gasteiger partial charge on any atom is -0.492 e. The summed E-state index contributed by atoms with van der Waals surface area (Å²) in [5.41, 5.74) is 3.97. The third-order valence-corrected chi connectivity index (χ3v) is 7.61. The molecule has 2 aliphatic heterocycles. The molecule has 6 rings (SSSR count). The first-order valence-electron chi connectivity index (χ1n) is 12.8. The molecule has 4 aromatic rings. The van der Waals surface area contributed by atoms with Gasteiger partial charge in [0.2, 0.25) is 5.78 Å². The SMILES string of the molecule is O=C(c1ccc(Br)cc1)c1oc2cc3c(cc2c1-c1ccc(OCCN2CCCCC2)cc1)CC=CO3. The van der Waals surface area contributed by atoms with Crippen LogP contribution in [0.5, 0.6) is 11.5 Å². The van der Waals surface area contributed by atoms with Gasteiger partial charge in [-0.15, -0.1) is 0 Å². The molecule has 37 heavy (non-hydrogen) atoms. The fourth-order valence-corrected chi connectivity index (χ4v) is 5.37. The third kappa shape index (κ3) is 5.09. The van der Waals surface area contributed by atoms with Gasteiger partial charge in [0.25, 0.3) is 0 Å². The minimum absolute atomic E-state index is 0.155. The van der Waals surface area contributed by atoms with Crippen molar-refractivity contribution in [3.05, 3.63) is 94.4 Å². The molecular weight excluding hydrogens is 530 g/mol. The molecule has 0 bridgehead atoms. The molecule has 0 aliphatic carbocycles. The van der Waals surface area contributed by atoms with E-state index in [4.69, 9.17) is 13.9 Å². The van der Waals surface area contributed by atoms with Crippen LogP contribution in [-0.4, -0.2) is 36.9 Å². The van der Waals surface area contributed by atoms with Gasteiger partial charge in [-0.25, -0.2) is 0 Å². The normalized spacial score (nSPS) is 15.4. The van der Waals surface area contributed by atoms with Gasteiger partial charge in [0.1, 0.15) is 23.7 Å². The van der Waals surface area contributed by atoms with Gasteiger partial charge in [0, 0.05) is 33.6 Å². The van der Waals surface area contributed by atoms with E-state index in [1.165, 1.54) is 19.3 Å². The number of likely N-dealkylation sites (tertiary alicyclic amines) is 1. The molecule has 6 heteroatoms. The Labute approximate surface area is 224 Å². The molecule has 1 fully saturated rings. The average molecular weight is 558 g/mol. The zero-order valence-electron chi connectivity index (χ0n) is 20.5. The number of ether oxygens (including phenoxy) is 2. The van der Waals surface area contributed by atoms with Crippen molar-refractivity contribution in [3.8, 4) is 22.6 Å². The van der Waals surface area contributed by atoms with Crippen LogP contribution < -0.4 is 9.47 Å². The van der Waals surface area contributed by atoms with E-state index in [1.807, 2.05) is 48.5 Å². The Hall–Kier alpha value is -3.35. The number of hydrogen-bond donors (Lipinski definition) is 0. The van der Waals surface area contributed by atoms with Crippen LogP contribution in [0.4, 0.5) is 0 Å². The third-order valence-electron chi connectivity index (χ3n) is 7.08. The van der Waals surface area contributed by atoms with Crippen LogP contribution in [0, 0.1) is 0 Å². The van der Waals surface area contributed by atoms with Crippen molar-refractivity contribution in [1.82, 2.24) is 4.90 Å². The second kappa shape index (κ2) is 10.6. The Balaban J connectivity index is 1.33. The second-order valence-corrected chi connectivity index (χ2v) is 10.5. The van der Waals surface area contributed by atoms with Crippen LogP contribution >= 0.6 is 15.9 Å². The summed E-state index contributed by atoms with van der Waals surface area (Å²) in [5.74, 6) is 1.75. The fraction of sp³-hybridized carbons (Fsp3) is 0.258. The number of allylic oxidation sites excluding steroid dienone is 1. The maximum absolute atomic E-state index is 13.6. The van der Waals surface area contributed by atoms with Gasteiger partial charge in [-0.3, -0.25) is 9.69 Å². The van der Waals surface area contributed by atoms with Crippen molar-refractivity contribution in [3.63, 3.8) is 0 Å². The predicted molar refractivity (Wildman–Crippen MR) is 148 cm³/mol. The Morgan fingerprint density at radius 3 is 2.54 bits per heavy atom. The van der Waals surface area contributed by atoms with E-state index in [2.05, 4.69) is 26.9 Å². The molecule has 1 saturated heterocycles. The van der Waals surface area contributed by atoms with Crippen molar-refractivity contribution in [2.45, 2.75) is 25.7 Å². The highest BCUT2D eigenvalue weighted by molar-refractivity contribution is 9.10. The first kappa shape index (κ1) is 24.0. The minimum atomic E-state index is -0.155. The first-order valence-corrected chi connectivity index (χ1v) is 13.6. The van der Waals surface area contributed by atoms with Crippen LogP contribution in [-0.2, 0) is 6.42 Å². The number of halogens is 1. The van der Waals surface area contributed by atoms with Crippen LogP contribution in [0.3, 0.4) is 0 Å². The van der Waals surface area contributed by atoms with Crippen molar-refractivity contribution >= 4 is 32.7 Å². The Kier molecular flexibility index (Phi) is 6.85. The summed E-state index contributed by atoms with van der Waals surface area (Å²) in [4.78, 5) is 16.1. The van der Waals surface area contributed by atoms with Gasteiger partial charge in [0.15, 0.2) is 5.76 Å². The topological polar surface area (TPSA) is 51.9 Å². The van der Waals surface area contributed by atoms with E-state index in [0.29, 0.717) is 23.5 Å². The summed E-state index contributed by atoms with van der Waals surface area (Å²) in [5, 5.41) is 0.900. The monoisotopic (exact) mass is 557 g/mol. The maximum Gasteiger partial charge on any atom is 0.228 e. The highest BCUT2D eigenvalue weighted by Crippen LogP contribution is 2.40. The first-order chi connectivity index (χ1) is 18.2. The smallest absolute Gasteiger partial charge is 0.228 e. The van der Waals surface area contributed by atoms with Crippen molar-refractivity contribution in [1.29, 1.82) is 0 Å². The van der Waals surface area contributed by atoms with Gasteiger partial charge in [0.05, 0.1) is 6.26 Å². The Bertz CT molecular complexity index is 1450. The Morgan fingerprint density at radius 1 is 0.973 bits per heavy atom. The van der Waals surface area contributed by atoms with Crippen LogP contribution in [0.25, 0.3) is 22.1 Å². The number of ketones is 1. The number of rotatable bonds is 7. The predicted octanol–water partition coefficient (Wildman–Crippen LogP) is 7.41. The standard InChI is InChI=1S/C31H28BrNO4/c32-24-10-6-22(7-11-24)30(34)31-29(26-19-23-5-4-17-36-27(23)20-28(26)37-31)21-8-12-25(13-9-21)35-18-16-33-14-2-1-3-15-33/h4,6-13,17,19-20H,1-3,5,14-16,18H2. The van der Waals surface area contributed by atoms with E-state index in [1.54, 1.807) is 18.4 Å². The zero-order valence-corrected chi connectivity index (χ0v) is 22.1. The molecule has 5 nitrogen and oxygen atoms in total. The lowest BCUT2D eigenvalue weighted by Crippen LogP contribution is -2.33. The van der Waals surface area contributed by atoms with E-state index in [9.17, 15) is 4.79 Å². The van der Waals surface area contributed by atoms with Crippen molar-refractivity contribution in [2.75, 3.05) is 26.2 Å². The number of piperidine rings is 1. The molecule has 0 N–H and O–H groups in total. The van der Waals surface area contributed by atoms with Crippen molar-refractivity contribution in [2.24, 2.45) is 0 Å². The molecular formula is C31H28BrNO4. The number of nitrogens with zero attached hydrogens (tertiary/aromatic N) is 1. The summed E-state index contributed by atoms with van der Waals surface area (Å²) in [6, 6.07) is 19.3.